The molecule has 22 heavy (non-hydrogen) atoms. The molecule has 1 fully saturated rings. The number of hydrogen-bond donors (Lipinski definition) is 1. The molecule has 1 N–H and O–H groups in total. The van der Waals surface area contributed by atoms with Gasteiger partial charge in [-0.2, -0.15) is 0 Å². The minimum absolute atomic E-state index is 0.0172. The molecule has 1 aliphatic heterocycles. The largest absolute Gasteiger partial charge is 0.468 e. The third kappa shape index (κ3) is 3.65. The Labute approximate surface area is 137 Å². The number of nitrogens with zero attached hydrogens (tertiary/aromatic N) is 1. The van der Waals surface area contributed by atoms with Crippen molar-refractivity contribution < 1.29 is 14.6 Å². The molecular formula is C17H23NO3S. The third-order valence-corrected chi connectivity index (χ3v) is 4.41. The molecule has 1 aromatic carbocycles. The Balaban J connectivity index is 2.12. The molecule has 0 radical (unpaired) electrons. The maximum Gasteiger partial charge on any atom is 0.266 e. The number of carbonyl (C=O) groups excluding carboxylic acids is 1. The molecule has 0 saturated carbocycles. The zero-order chi connectivity index (χ0) is 16.3. The van der Waals surface area contributed by atoms with Gasteiger partial charge in [0.2, 0.25) is 5.91 Å². The van der Waals surface area contributed by atoms with E-state index in [-0.39, 0.29) is 23.0 Å². The van der Waals surface area contributed by atoms with E-state index in [0.717, 1.165) is 5.56 Å². The van der Waals surface area contributed by atoms with E-state index in [9.17, 15) is 9.90 Å². The van der Waals surface area contributed by atoms with Crippen LogP contribution in [0.15, 0.2) is 30.3 Å². The van der Waals surface area contributed by atoms with Crippen LogP contribution >= 0.6 is 12.2 Å². The van der Waals surface area contributed by atoms with Crippen LogP contribution in [0.4, 0.5) is 0 Å². The highest BCUT2D eigenvalue weighted by molar-refractivity contribution is 7.80. The fraction of sp³-hybridized carbons (Fsp3) is 0.529. The van der Waals surface area contributed by atoms with Crippen LogP contribution in [0.3, 0.4) is 0 Å². The molecule has 5 heteroatoms. The van der Waals surface area contributed by atoms with Crippen molar-refractivity contribution in [2.24, 2.45) is 11.8 Å². The summed E-state index contributed by atoms with van der Waals surface area (Å²) in [5.74, 6) is -0.647. The minimum Gasteiger partial charge on any atom is -0.468 e. The Kier molecular flexibility index (Phi) is 5.53. The number of carbonyl (C=O) groups is 1. The molecule has 0 spiro atoms. The molecule has 1 aromatic rings. The van der Waals surface area contributed by atoms with Crippen LogP contribution in [0.5, 0.6) is 0 Å². The Morgan fingerprint density at radius 1 is 1.36 bits per heavy atom. The maximum absolute atomic E-state index is 12.7. The monoisotopic (exact) mass is 321 g/mol. The topological polar surface area (TPSA) is 49.8 Å². The first kappa shape index (κ1) is 16.9. The number of amides is 1. The van der Waals surface area contributed by atoms with Crippen LogP contribution < -0.4 is 0 Å². The highest BCUT2D eigenvalue weighted by Crippen LogP contribution is 2.23. The lowest BCUT2D eigenvalue weighted by Crippen LogP contribution is -2.46. The fourth-order valence-electron chi connectivity index (χ4n) is 2.71. The zero-order valence-corrected chi connectivity index (χ0v) is 14.0. The summed E-state index contributed by atoms with van der Waals surface area (Å²) >= 11 is 5.18. The Hall–Kier alpha value is -1.46. The SMILES string of the molecule is CC(C)[C@@H](O)[C@H](C)C(=O)N1C(=S)OC[C@@H]1Cc1ccccc1. The van der Waals surface area contributed by atoms with Gasteiger partial charge >= 0.3 is 0 Å². The van der Waals surface area contributed by atoms with E-state index in [1.165, 1.54) is 0 Å². The number of ether oxygens (including phenoxy) is 1. The van der Waals surface area contributed by atoms with Crippen molar-refractivity contribution in [2.75, 3.05) is 6.61 Å². The predicted molar refractivity (Wildman–Crippen MR) is 89.3 cm³/mol. The zero-order valence-electron chi connectivity index (χ0n) is 13.2. The van der Waals surface area contributed by atoms with E-state index in [0.29, 0.717) is 13.0 Å². The van der Waals surface area contributed by atoms with Crippen LogP contribution in [0.25, 0.3) is 0 Å². The van der Waals surface area contributed by atoms with Crippen molar-refractivity contribution in [2.45, 2.75) is 39.3 Å². The van der Waals surface area contributed by atoms with Gasteiger partial charge in [-0.05, 0) is 30.1 Å². The molecule has 1 aliphatic rings. The van der Waals surface area contributed by atoms with Gasteiger partial charge < -0.3 is 9.84 Å². The second-order valence-corrected chi connectivity index (χ2v) is 6.50. The highest BCUT2D eigenvalue weighted by atomic mass is 32.1. The van der Waals surface area contributed by atoms with Gasteiger partial charge in [-0.25, -0.2) is 0 Å². The summed E-state index contributed by atoms with van der Waals surface area (Å²) in [6.07, 6.45) is 0.00490. The van der Waals surface area contributed by atoms with Crippen molar-refractivity contribution in [3.05, 3.63) is 35.9 Å². The normalized spacial score (nSPS) is 20.9. The summed E-state index contributed by atoms with van der Waals surface area (Å²) < 4.78 is 5.42. The van der Waals surface area contributed by atoms with E-state index < -0.39 is 12.0 Å². The first-order chi connectivity index (χ1) is 10.4. The molecule has 3 atom stereocenters. The number of aliphatic hydroxyl groups is 1. The van der Waals surface area contributed by atoms with Gasteiger partial charge in [-0.1, -0.05) is 51.1 Å². The average molecular weight is 321 g/mol. The van der Waals surface area contributed by atoms with Crippen LogP contribution in [-0.4, -0.2) is 39.8 Å². The van der Waals surface area contributed by atoms with Gasteiger partial charge in [-0.3, -0.25) is 9.69 Å². The smallest absolute Gasteiger partial charge is 0.266 e. The maximum atomic E-state index is 12.7. The van der Waals surface area contributed by atoms with Crippen LogP contribution in [0.1, 0.15) is 26.3 Å². The van der Waals surface area contributed by atoms with Crippen LogP contribution in [-0.2, 0) is 16.0 Å². The highest BCUT2D eigenvalue weighted by Gasteiger charge is 2.39. The van der Waals surface area contributed by atoms with Gasteiger partial charge in [0, 0.05) is 0 Å². The Bertz CT molecular complexity index is 532. The van der Waals surface area contributed by atoms with Gasteiger partial charge in [0.1, 0.15) is 6.61 Å². The van der Waals surface area contributed by atoms with E-state index in [4.69, 9.17) is 17.0 Å². The van der Waals surface area contributed by atoms with Crippen molar-refractivity contribution in [1.82, 2.24) is 4.90 Å². The summed E-state index contributed by atoms with van der Waals surface area (Å²) in [7, 11) is 0. The summed E-state index contributed by atoms with van der Waals surface area (Å²) in [5.41, 5.74) is 1.13. The second kappa shape index (κ2) is 7.20. The number of rotatable bonds is 5. The molecule has 1 amide bonds. The molecule has 0 bridgehead atoms. The lowest BCUT2D eigenvalue weighted by molar-refractivity contribution is -0.136. The predicted octanol–water partition coefficient (Wildman–Crippen LogP) is 2.39. The van der Waals surface area contributed by atoms with Crippen molar-refractivity contribution in [3.63, 3.8) is 0 Å². The molecule has 2 rings (SSSR count). The van der Waals surface area contributed by atoms with Crippen molar-refractivity contribution in [3.8, 4) is 0 Å². The van der Waals surface area contributed by atoms with Crippen LogP contribution in [0.2, 0.25) is 0 Å². The minimum atomic E-state index is -0.687. The lowest BCUT2D eigenvalue weighted by atomic mass is 9.93. The van der Waals surface area contributed by atoms with Crippen molar-refractivity contribution >= 4 is 23.3 Å². The van der Waals surface area contributed by atoms with E-state index in [2.05, 4.69) is 0 Å². The standard InChI is InChI=1S/C17H23NO3S/c1-11(2)15(19)12(3)16(20)18-14(10-21-17(18)22)9-13-7-5-4-6-8-13/h4-8,11-12,14-15,19H,9-10H2,1-3H3/t12-,14-,15+/m0/s1. The van der Waals surface area contributed by atoms with Gasteiger partial charge in [0.15, 0.2) is 0 Å². The molecule has 1 heterocycles. The van der Waals surface area contributed by atoms with E-state index in [1.807, 2.05) is 44.2 Å². The average Bonchev–Trinajstić information content (AvgIpc) is 2.86. The first-order valence-electron chi connectivity index (χ1n) is 7.63. The molecule has 0 aromatic heterocycles. The first-order valence-corrected chi connectivity index (χ1v) is 8.04. The molecule has 4 nitrogen and oxygen atoms in total. The number of hydrogen-bond acceptors (Lipinski definition) is 4. The Morgan fingerprint density at radius 3 is 2.59 bits per heavy atom. The number of thiocarbonyl (C=S) groups is 1. The summed E-state index contributed by atoms with van der Waals surface area (Å²) in [6, 6.07) is 9.85. The van der Waals surface area contributed by atoms with Crippen LogP contribution in [0, 0.1) is 11.8 Å². The number of aliphatic hydroxyl groups excluding tert-OH is 1. The van der Waals surface area contributed by atoms with Gasteiger partial charge in [-0.15, -0.1) is 0 Å². The molecule has 120 valence electrons. The molecule has 0 aliphatic carbocycles. The summed E-state index contributed by atoms with van der Waals surface area (Å²) in [4.78, 5) is 14.2. The van der Waals surface area contributed by atoms with Gasteiger partial charge in [0.25, 0.3) is 5.17 Å². The number of benzene rings is 1. The summed E-state index contributed by atoms with van der Waals surface area (Å²) in [6.45, 7) is 5.95. The van der Waals surface area contributed by atoms with E-state index in [1.54, 1.807) is 11.8 Å². The summed E-state index contributed by atoms with van der Waals surface area (Å²) in [5, 5.41) is 10.4. The lowest BCUT2D eigenvalue weighted by Gasteiger charge is -2.28. The molecule has 1 saturated heterocycles. The van der Waals surface area contributed by atoms with Gasteiger partial charge in [0.05, 0.1) is 18.1 Å². The fourth-order valence-corrected chi connectivity index (χ4v) is 3.02. The molecule has 0 unspecified atom stereocenters. The third-order valence-electron chi connectivity index (χ3n) is 4.10. The second-order valence-electron chi connectivity index (χ2n) is 6.15. The molecular weight excluding hydrogens is 298 g/mol. The van der Waals surface area contributed by atoms with Crippen molar-refractivity contribution in [1.29, 1.82) is 0 Å². The van der Waals surface area contributed by atoms with E-state index >= 15 is 0 Å². The quantitative estimate of drug-likeness (QED) is 0.846. The Morgan fingerprint density at radius 2 is 2.00 bits per heavy atom.